The van der Waals surface area contributed by atoms with Gasteiger partial charge in [-0.3, -0.25) is 4.79 Å². The molecule has 1 aliphatic heterocycles. The van der Waals surface area contributed by atoms with Gasteiger partial charge in [0, 0.05) is 30.0 Å². The molecule has 0 radical (unpaired) electrons. The van der Waals surface area contributed by atoms with E-state index in [2.05, 4.69) is 5.32 Å². The molecule has 1 saturated heterocycles. The number of aryl methyl sites for hydroxylation is 1. The third-order valence-corrected chi connectivity index (χ3v) is 7.30. The number of hydrogen-bond donors (Lipinski definition) is 2. The summed E-state index contributed by atoms with van der Waals surface area (Å²) in [6.07, 6.45) is 0.0418. The van der Waals surface area contributed by atoms with Gasteiger partial charge in [-0.25, -0.2) is 13.2 Å². The zero-order valence-corrected chi connectivity index (χ0v) is 19.7. The fraction of sp³-hybridized carbons (Fsp3) is 0.455. The second-order valence-electron chi connectivity index (χ2n) is 7.79. The lowest BCUT2D eigenvalue weighted by Gasteiger charge is -2.23. The number of methoxy groups -OCH3 is 3. The Labute approximate surface area is 191 Å². The van der Waals surface area contributed by atoms with E-state index in [0.717, 1.165) is 0 Å². The molecule has 1 aromatic carbocycles. The van der Waals surface area contributed by atoms with Crippen LogP contribution in [0.25, 0.3) is 0 Å². The van der Waals surface area contributed by atoms with E-state index in [1.165, 1.54) is 34.3 Å². The average Bonchev–Trinajstić information content (AvgIpc) is 3.08. The number of carbonyl (C=O) groups excluding carboxylic acids is 1. The number of ether oxygens (including phenoxy) is 3. The fourth-order valence-corrected chi connectivity index (χ4v) is 5.75. The average molecular weight is 482 g/mol. The maximum absolute atomic E-state index is 12.9. The molecule has 0 unspecified atom stereocenters. The van der Waals surface area contributed by atoms with Gasteiger partial charge in [0.15, 0.2) is 21.3 Å². The number of aromatic hydroxyl groups is 1. The summed E-state index contributed by atoms with van der Waals surface area (Å²) in [5, 5.41) is 13.3. The van der Waals surface area contributed by atoms with Crippen molar-refractivity contribution >= 4 is 15.7 Å². The van der Waals surface area contributed by atoms with Crippen LogP contribution < -0.4 is 25.2 Å². The Hall–Kier alpha value is -3.21. The van der Waals surface area contributed by atoms with E-state index in [4.69, 9.17) is 18.6 Å². The predicted molar refractivity (Wildman–Crippen MR) is 119 cm³/mol. The van der Waals surface area contributed by atoms with Crippen molar-refractivity contribution in [3.8, 4) is 23.0 Å². The molecule has 1 fully saturated rings. The zero-order chi connectivity index (χ0) is 24.3. The van der Waals surface area contributed by atoms with Gasteiger partial charge in [-0.15, -0.1) is 0 Å². The highest BCUT2D eigenvalue weighted by atomic mass is 32.2. The normalized spacial score (nSPS) is 17.9. The smallest absolute Gasteiger partial charge is 0.343 e. The number of sulfone groups is 1. The molecule has 180 valence electrons. The molecule has 33 heavy (non-hydrogen) atoms. The minimum Gasteiger partial charge on any atom is -0.507 e. The molecule has 0 saturated carbocycles. The van der Waals surface area contributed by atoms with Crippen LogP contribution in [0.15, 0.2) is 27.4 Å². The molecule has 1 aromatic heterocycles. The largest absolute Gasteiger partial charge is 0.507 e. The minimum absolute atomic E-state index is 0.00716. The third-order valence-electron chi connectivity index (χ3n) is 5.54. The standard InChI is InChI=1S/C22H27NO9S/c1-12-9-16(24)19(22(26)32-12)15(10-18(25)23-13-7-8-33(27,28)11-13)14-5-6-17(29-2)21(31-4)20(14)30-3/h5-6,9,13,15,24H,7-8,10-11H2,1-4H3,(H,23,25)/t13-,15-/m0/s1. The number of nitrogens with one attached hydrogen (secondary N) is 1. The lowest BCUT2D eigenvalue weighted by atomic mass is 9.87. The van der Waals surface area contributed by atoms with E-state index in [1.807, 2.05) is 0 Å². The maximum Gasteiger partial charge on any atom is 0.343 e. The topological polar surface area (TPSA) is 141 Å². The van der Waals surface area contributed by atoms with E-state index in [9.17, 15) is 23.1 Å². The van der Waals surface area contributed by atoms with Crippen LogP contribution in [0.1, 0.15) is 35.6 Å². The highest BCUT2D eigenvalue weighted by Gasteiger charge is 2.33. The first-order valence-electron chi connectivity index (χ1n) is 10.2. The van der Waals surface area contributed by atoms with Gasteiger partial charge in [0.1, 0.15) is 11.5 Å². The Morgan fingerprint density at radius 1 is 1.21 bits per heavy atom. The number of benzene rings is 1. The van der Waals surface area contributed by atoms with E-state index in [1.54, 1.807) is 12.1 Å². The third kappa shape index (κ3) is 5.24. The Morgan fingerprint density at radius 3 is 2.45 bits per heavy atom. The summed E-state index contributed by atoms with van der Waals surface area (Å²) in [6.45, 7) is 1.52. The molecule has 2 aromatic rings. The SMILES string of the molecule is COc1ccc([C@H](CC(=O)N[C@H]2CCS(=O)(=O)C2)c2c(O)cc(C)oc2=O)c(OC)c1OC. The summed E-state index contributed by atoms with van der Waals surface area (Å²) in [7, 11) is 1.09. The van der Waals surface area contributed by atoms with Gasteiger partial charge >= 0.3 is 5.63 Å². The van der Waals surface area contributed by atoms with Gasteiger partial charge in [-0.2, -0.15) is 0 Å². The molecule has 0 bridgehead atoms. The molecule has 2 heterocycles. The van der Waals surface area contributed by atoms with Crippen LogP contribution in [0, 0.1) is 6.92 Å². The number of rotatable bonds is 8. The van der Waals surface area contributed by atoms with Crippen molar-refractivity contribution in [2.75, 3.05) is 32.8 Å². The quantitative estimate of drug-likeness (QED) is 0.574. The molecule has 0 aliphatic carbocycles. The van der Waals surface area contributed by atoms with Gasteiger partial charge in [0.05, 0.1) is 38.4 Å². The molecule has 2 N–H and O–H groups in total. The molecule has 2 atom stereocenters. The molecule has 11 heteroatoms. The first-order valence-corrected chi connectivity index (χ1v) is 12.0. The number of hydrogen-bond acceptors (Lipinski definition) is 9. The molecular formula is C22H27NO9S. The second kappa shape index (κ2) is 9.74. The molecular weight excluding hydrogens is 454 g/mol. The fourth-order valence-electron chi connectivity index (χ4n) is 4.07. The van der Waals surface area contributed by atoms with Crippen molar-refractivity contribution in [1.29, 1.82) is 0 Å². The molecule has 1 amide bonds. The van der Waals surface area contributed by atoms with E-state index >= 15 is 0 Å². The Bertz CT molecular complexity index is 1200. The minimum atomic E-state index is -3.19. The molecule has 1 aliphatic rings. The van der Waals surface area contributed by atoms with Crippen LogP contribution in [-0.2, 0) is 14.6 Å². The van der Waals surface area contributed by atoms with Gasteiger partial charge in [0.25, 0.3) is 0 Å². The Kier molecular flexibility index (Phi) is 7.21. The lowest BCUT2D eigenvalue weighted by Crippen LogP contribution is -2.36. The van der Waals surface area contributed by atoms with Crippen LogP contribution in [0.4, 0.5) is 0 Å². The second-order valence-corrected chi connectivity index (χ2v) is 10.0. The summed E-state index contributed by atoms with van der Waals surface area (Å²) < 4.78 is 44.9. The van der Waals surface area contributed by atoms with E-state index < -0.39 is 33.3 Å². The van der Waals surface area contributed by atoms with Crippen LogP contribution in [-0.4, -0.2) is 58.3 Å². The molecule has 0 spiro atoms. The lowest BCUT2D eigenvalue weighted by molar-refractivity contribution is -0.121. The van der Waals surface area contributed by atoms with Crippen LogP contribution >= 0.6 is 0 Å². The summed E-state index contributed by atoms with van der Waals surface area (Å²) >= 11 is 0. The summed E-state index contributed by atoms with van der Waals surface area (Å²) in [5.74, 6) is -0.876. The van der Waals surface area contributed by atoms with Gasteiger partial charge < -0.3 is 29.1 Å². The summed E-state index contributed by atoms with van der Waals surface area (Å²) in [4.78, 5) is 25.6. The monoisotopic (exact) mass is 481 g/mol. The van der Waals surface area contributed by atoms with Crippen molar-refractivity contribution in [1.82, 2.24) is 5.32 Å². The van der Waals surface area contributed by atoms with Gasteiger partial charge in [-0.05, 0) is 19.4 Å². The zero-order valence-electron chi connectivity index (χ0n) is 18.8. The van der Waals surface area contributed by atoms with Crippen molar-refractivity contribution in [3.05, 3.63) is 45.5 Å². The van der Waals surface area contributed by atoms with Crippen molar-refractivity contribution in [2.24, 2.45) is 0 Å². The highest BCUT2D eigenvalue weighted by molar-refractivity contribution is 7.91. The maximum atomic E-state index is 12.9. The molecule has 3 rings (SSSR count). The van der Waals surface area contributed by atoms with E-state index in [0.29, 0.717) is 17.7 Å². The van der Waals surface area contributed by atoms with Crippen molar-refractivity contribution < 1.29 is 36.9 Å². The predicted octanol–water partition coefficient (Wildman–Crippen LogP) is 1.50. The first-order chi connectivity index (χ1) is 15.6. The number of amides is 1. The molecule has 10 nitrogen and oxygen atoms in total. The number of carbonyl (C=O) groups is 1. The highest BCUT2D eigenvalue weighted by Crippen LogP contribution is 2.45. The Morgan fingerprint density at radius 2 is 1.91 bits per heavy atom. The van der Waals surface area contributed by atoms with Crippen molar-refractivity contribution in [3.63, 3.8) is 0 Å². The van der Waals surface area contributed by atoms with Gasteiger partial charge in [-0.1, -0.05) is 6.07 Å². The summed E-state index contributed by atoms with van der Waals surface area (Å²) in [6, 6.07) is 3.98. The summed E-state index contributed by atoms with van der Waals surface area (Å²) in [5.41, 5.74) is -0.540. The van der Waals surface area contributed by atoms with E-state index in [-0.39, 0.29) is 46.5 Å². The Balaban J connectivity index is 2.08. The van der Waals surface area contributed by atoms with Crippen LogP contribution in [0.3, 0.4) is 0 Å². The van der Waals surface area contributed by atoms with Crippen LogP contribution in [0.5, 0.6) is 23.0 Å². The van der Waals surface area contributed by atoms with Gasteiger partial charge in [0.2, 0.25) is 11.7 Å². The van der Waals surface area contributed by atoms with Crippen molar-refractivity contribution in [2.45, 2.75) is 31.7 Å². The van der Waals surface area contributed by atoms with Crippen LogP contribution in [0.2, 0.25) is 0 Å². The first kappa shape index (κ1) is 24.4.